The van der Waals surface area contributed by atoms with E-state index >= 15 is 0 Å². The van der Waals surface area contributed by atoms with Crippen molar-refractivity contribution >= 4 is 46.2 Å². The van der Waals surface area contributed by atoms with Crippen molar-refractivity contribution in [2.75, 3.05) is 13.0 Å². The van der Waals surface area contributed by atoms with Gasteiger partial charge in [0.1, 0.15) is 10.8 Å². The van der Waals surface area contributed by atoms with E-state index in [0.717, 1.165) is 42.4 Å². The molecule has 118 valence electrons. The van der Waals surface area contributed by atoms with Crippen LogP contribution in [0.1, 0.15) is 36.8 Å². The smallest absolute Gasteiger partial charge is 0.156 e. The molecule has 2 aliphatic carbocycles. The summed E-state index contributed by atoms with van der Waals surface area (Å²) in [6, 6.07) is 1.95. The Hall–Kier alpha value is -0.700. The Bertz CT molecular complexity index is 666. The summed E-state index contributed by atoms with van der Waals surface area (Å²) >= 11 is 18.7. The maximum atomic E-state index is 11.9. The van der Waals surface area contributed by atoms with E-state index in [1.54, 1.807) is 13.2 Å². The number of alkyl halides is 1. The van der Waals surface area contributed by atoms with Crippen molar-refractivity contribution in [1.29, 1.82) is 0 Å². The summed E-state index contributed by atoms with van der Waals surface area (Å²) in [6.07, 6.45) is 5.94. The molecule has 0 heterocycles. The Labute approximate surface area is 145 Å². The summed E-state index contributed by atoms with van der Waals surface area (Å²) in [5.74, 6) is 1.37. The average Bonchev–Trinajstić information content (AvgIpc) is 2.83. The molecule has 2 aliphatic rings. The first-order chi connectivity index (χ1) is 10.5. The van der Waals surface area contributed by atoms with Gasteiger partial charge in [-0.15, -0.1) is 11.6 Å². The van der Waals surface area contributed by atoms with E-state index < -0.39 is 0 Å². The van der Waals surface area contributed by atoms with Gasteiger partial charge in [0.05, 0.1) is 12.1 Å². The van der Waals surface area contributed by atoms with Gasteiger partial charge >= 0.3 is 0 Å². The number of ether oxygens (including phenoxy) is 1. The van der Waals surface area contributed by atoms with Crippen LogP contribution in [0.15, 0.2) is 12.1 Å². The SMILES string of the molecule is COc1cc2c(c(Cl)c1Cl)C1=CC(=O)CCC1(CCCCl)C2. The zero-order valence-electron chi connectivity index (χ0n) is 12.3. The lowest BCUT2D eigenvalue weighted by Gasteiger charge is -2.34. The van der Waals surface area contributed by atoms with Crippen LogP contribution in [0.4, 0.5) is 0 Å². The third-order valence-corrected chi connectivity index (χ3v) is 5.91. The minimum atomic E-state index is -0.0372. The lowest BCUT2D eigenvalue weighted by Crippen LogP contribution is -2.26. The van der Waals surface area contributed by atoms with Gasteiger partial charge in [0.25, 0.3) is 0 Å². The van der Waals surface area contributed by atoms with Crippen LogP contribution in [0.25, 0.3) is 5.57 Å². The second kappa shape index (κ2) is 6.07. The first kappa shape index (κ1) is 16.2. The van der Waals surface area contributed by atoms with Gasteiger partial charge < -0.3 is 4.74 Å². The molecule has 0 amide bonds. The Morgan fingerprint density at radius 2 is 2.09 bits per heavy atom. The van der Waals surface area contributed by atoms with Crippen LogP contribution < -0.4 is 4.74 Å². The van der Waals surface area contributed by atoms with Crippen LogP contribution in [0.3, 0.4) is 0 Å². The van der Waals surface area contributed by atoms with Crippen molar-refractivity contribution in [3.8, 4) is 5.75 Å². The predicted molar refractivity (Wildman–Crippen MR) is 91.3 cm³/mol. The zero-order valence-corrected chi connectivity index (χ0v) is 14.6. The van der Waals surface area contributed by atoms with Crippen molar-refractivity contribution < 1.29 is 9.53 Å². The average molecular weight is 360 g/mol. The summed E-state index contributed by atoms with van der Waals surface area (Å²) in [5.41, 5.74) is 3.04. The standard InChI is InChI=1S/C17H17Cl3O2/c1-22-13-7-10-9-17(4-2-6-18)5-3-11(21)8-12(17)14(10)16(20)15(13)19/h7-8H,2-6,9H2,1H3. The van der Waals surface area contributed by atoms with Gasteiger partial charge in [-0.25, -0.2) is 0 Å². The minimum absolute atomic E-state index is 0.0372. The third-order valence-electron chi connectivity index (χ3n) is 4.79. The number of allylic oxidation sites excluding steroid dienone is 2. The van der Waals surface area contributed by atoms with Crippen LogP contribution in [-0.2, 0) is 11.2 Å². The number of hydrogen-bond acceptors (Lipinski definition) is 2. The van der Waals surface area contributed by atoms with Crippen molar-refractivity contribution in [2.45, 2.75) is 32.1 Å². The molecule has 0 spiro atoms. The third kappa shape index (κ3) is 2.46. The van der Waals surface area contributed by atoms with Crippen molar-refractivity contribution in [1.82, 2.24) is 0 Å². The number of rotatable bonds is 4. The molecule has 1 aromatic carbocycles. The molecule has 0 bridgehead atoms. The molecule has 0 saturated heterocycles. The lowest BCUT2D eigenvalue weighted by molar-refractivity contribution is -0.115. The fraction of sp³-hybridized carbons (Fsp3) is 0.471. The molecule has 0 saturated carbocycles. The van der Waals surface area contributed by atoms with Gasteiger partial charge in [0.15, 0.2) is 5.78 Å². The number of hydrogen-bond donors (Lipinski definition) is 0. The Balaban J connectivity index is 2.16. The summed E-state index contributed by atoms with van der Waals surface area (Å²) in [6.45, 7) is 0. The molecule has 1 aromatic rings. The molecule has 22 heavy (non-hydrogen) atoms. The van der Waals surface area contributed by atoms with E-state index in [1.165, 1.54) is 0 Å². The van der Waals surface area contributed by atoms with Crippen LogP contribution in [0.5, 0.6) is 5.75 Å². The van der Waals surface area contributed by atoms with Crippen LogP contribution >= 0.6 is 34.8 Å². The molecule has 0 fully saturated rings. The first-order valence-electron chi connectivity index (χ1n) is 7.38. The number of benzene rings is 1. The number of ketones is 1. The number of carbonyl (C=O) groups excluding carboxylic acids is 1. The van der Waals surface area contributed by atoms with Crippen LogP contribution in [0.2, 0.25) is 10.0 Å². The normalized spacial score (nSPS) is 23.1. The van der Waals surface area contributed by atoms with Gasteiger partial charge in [-0.3, -0.25) is 4.79 Å². The number of fused-ring (bicyclic) bond motifs is 3. The second-order valence-corrected chi connectivity index (χ2v) is 7.15. The fourth-order valence-corrected chi connectivity index (χ4v) is 4.43. The van der Waals surface area contributed by atoms with E-state index in [9.17, 15) is 4.79 Å². The van der Waals surface area contributed by atoms with E-state index in [1.807, 2.05) is 6.07 Å². The van der Waals surface area contributed by atoms with Gasteiger partial charge in [0, 0.05) is 23.3 Å². The fourth-order valence-electron chi connectivity index (χ4n) is 3.75. The highest BCUT2D eigenvalue weighted by Gasteiger charge is 2.45. The highest BCUT2D eigenvalue weighted by Crippen LogP contribution is 2.58. The zero-order chi connectivity index (χ0) is 15.9. The van der Waals surface area contributed by atoms with E-state index in [-0.39, 0.29) is 11.2 Å². The molecular weight excluding hydrogens is 343 g/mol. The lowest BCUT2D eigenvalue weighted by atomic mass is 9.70. The molecular formula is C17H17Cl3O2. The number of carbonyl (C=O) groups is 1. The van der Waals surface area contributed by atoms with E-state index in [0.29, 0.717) is 28.1 Å². The highest BCUT2D eigenvalue weighted by atomic mass is 35.5. The van der Waals surface area contributed by atoms with Crippen molar-refractivity contribution in [3.05, 3.63) is 33.3 Å². The number of methoxy groups -OCH3 is 1. The van der Waals surface area contributed by atoms with Crippen molar-refractivity contribution in [2.24, 2.45) is 5.41 Å². The topological polar surface area (TPSA) is 26.3 Å². The maximum absolute atomic E-state index is 11.9. The molecule has 0 aromatic heterocycles. The van der Waals surface area contributed by atoms with Crippen LogP contribution in [0, 0.1) is 5.41 Å². The molecule has 0 N–H and O–H groups in total. The largest absolute Gasteiger partial charge is 0.495 e. The minimum Gasteiger partial charge on any atom is -0.495 e. The second-order valence-electron chi connectivity index (χ2n) is 6.01. The van der Waals surface area contributed by atoms with Gasteiger partial charge in [-0.1, -0.05) is 23.2 Å². The quantitative estimate of drug-likeness (QED) is 0.681. The molecule has 0 radical (unpaired) electrons. The molecule has 5 heteroatoms. The molecule has 2 nitrogen and oxygen atoms in total. The summed E-state index contributed by atoms with van der Waals surface area (Å²) in [7, 11) is 1.58. The van der Waals surface area contributed by atoms with Gasteiger partial charge in [0.2, 0.25) is 0 Å². The van der Waals surface area contributed by atoms with E-state index in [2.05, 4.69) is 0 Å². The number of halogens is 3. The van der Waals surface area contributed by atoms with Gasteiger partial charge in [-0.2, -0.15) is 0 Å². The van der Waals surface area contributed by atoms with Crippen LogP contribution in [-0.4, -0.2) is 18.8 Å². The maximum Gasteiger partial charge on any atom is 0.156 e. The highest BCUT2D eigenvalue weighted by molar-refractivity contribution is 6.44. The van der Waals surface area contributed by atoms with Gasteiger partial charge in [-0.05, 0) is 49.0 Å². The Kier molecular flexibility index (Phi) is 4.46. The predicted octanol–water partition coefficient (Wildman–Crippen LogP) is 5.31. The summed E-state index contributed by atoms with van der Waals surface area (Å²) in [5, 5.41) is 0.902. The molecule has 0 aliphatic heterocycles. The summed E-state index contributed by atoms with van der Waals surface area (Å²) < 4.78 is 5.32. The molecule has 3 rings (SSSR count). The Morgan fingerprint density at radius 1 is 1.32 bits per heavy atom. The first-order valence-corrected chi connectivity index (χ1v) is 8.67. The Morgan fingerprint density at radius 3 is 2.77 bits per heavy atom. The van der Waals surface area contributed by atoms with Crippen molar-refractivity contribution in [3.63, 3.8) is 0 Å². The molecule has 1 atom stereocenters. The summed E-state index contributed by atoms with van der Waals surface area (Å²) in [4.78, 5) is 11.9. The monoisotopic (exact) mass is 358 g/mol. The van der Waals surface area contributed by atoms with E-state index in [4.69, 9.17) is 39.5 Å². The molecule has 1 unspecified atom stereocenters.